The average molecular weight is 420 g/mol. The first-order chi connectivity index (χ1) is 14.1. The number of methoxy groups -OCH3 is 1. The summed E-state index contributed by atoms with van der Waals surface area (Å²) in [6, 6.07) is 11.1. The number of pyridine rings is 1. The molecule has 1 atom stereocenters. The molecule has 160 valence electrons. The van der Waals surface area contributed by atoms with Gasteiger partial charge in [0, 0.05) is 23.7 Å². The third-order valence-electron chi connectivity index (χ3n) is 5.28. The van der Waals surface area contributed by atoms with E-state index in [0.29, 0.717) is 11.3 Å². The number of nitrogens with one attached hydrogen (secondary N) is 1. The van der Waals surface area contributed by atoms with Crippen LogP contribution in [0.2, 0.25) is 0 Å². The van der Waals surface area contributed by atoms with E-state index >= 15 is 0 Å². The zero-order chi connectivity index (χ0) is 21.9. The van der Waals surface area contributed by atoms with Gasteiger partial charge in [-0.15, -0.1) is 0 Å². The fraction of sp³-hybridized carbons (Fsp3) is 0.348. The lowest BCUT2D eigenvalue weighted by molar-refractivity contribution is -0.160. The minimum Gasteiger partial charge on any atom is -0.496 e. The van der Waals surface area contributed by atoms with Crippen molar-refractivity contribution in [3.05, 3.63) is 71.7 Å². The molecule has 1 heterocycles. The summed E-state index contributed by atoms with van der Waals surface area (Å²) >= 11 is 0. The predicted octanol–water partition coefficient (Wildman–Crippen LogP) is 5.77. The molecule has 0 aliphatic carbocycles. The molecule has 0 aliphatic rings. The van der Waals surface area contributed by atoms with E-state index in [9.17, 15) is 17.6 Å². The third kappa shape index (κ3) is 4.90. The van der Waals surface area contributed by atoms with Gasteiger partial charge in [0.25, 0.3) is 0 Å². The second-order valence-corrected chi connectivity index (χ2v) is 7.89. The Balaban J connectivity index is 1.85. The van der Waals surface area contributed by atoms with E-state index < -0.39 is 23.5 Å². The van der Waals surface area contributed by atoms with Gasteiger partial charge in [-0.05, 0) is 47.7 Å². The number of halogens is 4. The predicted molar refractivity (Wildman–Crippen MR) is 109 cm³/mol. The van der Waals surface area contributed by atoms with Crippen molar-refractivity contribution in [3.63, 3.8) is 0 Å². The van der Waals surface area contributed by atoms with Crippen LogP contribution in [0.25, 0.3) is 10.9 Å². The molecule has 30 heavy (non-hydrogen) atoms. The van der Waals surface area contributed by atoms with Crippen molar-refractivity contribution in [1.82, 2.24) is 10.3 Å². The Morgan fingerprint density at radius 1 is 1.07 bits per heavy atom. The van der Waals surface area contributed by atoms with Crippen LogP contribution in [-0.4, -0.2) is 24.3 Å². The molecule has 3 aromatic rings. The molecule has 0 fully saturated rings. The lowest BCUT2D eigenvalue weighted by atomic mass is 9.78. The van der Waals surface area contributed by atoms with E-state index in [1.807, 2.05) is 24.3 Å². The number of para-hydroxylation sites is 1. The molecule has 3 rings (SSSR count). The molecular weight excluding hydrogens is 396 g/mol. The van der Waals surface area contributed by atoms with E-state index in [2.05, 4.69) is 10.3 Å². The van der Waals surface area contributed by atoms with Crippen LogP contribution >= 0.6 is 0 Å². The van der Waals surface area contributed by atoms with Crippen molar-refractivity contribution in [1.29, 1.82) is 0 Å². The van der Waals surface area contributed by atoms with E-state index in [1.165, 1.54) is 25.3 Å². The summed E-state index contributed by atoms with van der Waals surface area (Å²) in [6.45, 7) is 3.35. The standard InChI is InChI=1S/C23H24F4N2O/c1-22(2,18-12-16(24)8-9-20(18)30-3)13-21(23(25,26)27)29-14-15-10-11-28-19-7-5-4-6-17(15)19/h4-12,21,29H,13-14H2,1-3H3. The number of nitrogens with zero attached hydrogens (tertiary/aromatic N) is 1. The van der Waals surface area contributed by atoms with Gasteiger partial charge in [0.2, 0.25) is 0 Å². The van der Waals surface area contributed by atoms with Crippen molar-refractivity contribution >= 4 is 10.9 Å². The van der Waals surface area contributed by atoms with E-state index in [0.717, 1.165) is 16.5 Å². The molecule has 0 spiro atoms. The first-order valence-electron chi connectivity index (χ1n) is 9.58. The van der Waals surface area contributed by atoms with Gasteiger partial charge in [-0.1, -0.05) is 32.0 Å². The largest absolute Gasteiger partial charge is 0.496 e. The quantitative estimate of drug-likeness (QED) is 0.493. The SMILES string of the molecule is COc1ccc(F)cc1C(C)(C)CC(NCc1ccnc2ccccc12)C(F)(F)F. The summed E-state index contributed by atoms with van der Waals surface area (Å²) in [5.41, 5.74) is 0.873. The van der Waals surface area contributed by atoms with E-state index in [-0.39, 0.29) is 13.0 Å². The van der Waals surface area contributed by atoms with Crippen molar-refractivity contribution < 1.29 is 22.3 Å². The molecule has 0 aliphatic heterocycles. The Hall–Kier alpha value is -2.67. The molecule has 0 radical (unpaired) electrons. The monoisotopic (exact) mass is 420 g/mol. The third-order valence-corrected chi connectivity index (χ3v) is 5.28. The summed E-state index contributed by atoms with van der Waals surface area (Å²) in [7, 11) is 1.42. The molecular formula is C23H24F4N2O. The summed E-state index contributed by atoms with van der Waals surface area (Å²) in [5.74, 6) is -0.152. The Labute approximate surface area is 173 Å². The Morgan fingerprint density at radius 3 is 2.50 bits per heavy atom. The molecule has 3 nitrogen and oxygen atoms in total. The summed E-state index contributed by atoms with van der Waals surface area (Å²) in [4.78, 5) is 4.24. The van der Waals surface area contributed by atoms with Crippen molar-refractivity contribution in [2.75, 3.05) is 7.11 Å². The van der Waals surface area contributed by atoms with Crippen molar-refractivity contribution in [3.8, 4) is 5.75 Å². The normalized spacial score (nSPS) is 13.4. The molecule has 0 amide bonds. The molecule has 0 saturated heterocycles. The lowest BCUT2D eigenvalue weighted by Crippen LogP contribution is -2.45. The topological polar surface area (TPSA) is 34.1 Å². The maximum atomic E-state index is 13.9. The highest BCUT2D eigenvalue weighted by Gasteiger charge is 2.43. The number of rotatable bonds is 7. The van der Waals surface area contributed by atoms with E-state index in [4.69, 9.17) is 4.74 Å². The van der Waals surface area contributed by atoms with E-state index in [1.54, 1.807) is 26.1 Å². The zero-order valence-electron chi connectivity index (χ0n) is 17.1. The van der Waals surface area contributed by atoms with Crippen LogP contribution in [0, 0.1) is 5.82 Å². The number of aromatic nitrogens is 1. The van der Waals surface area contributed by atoms with Crippen LogP contribution in [0.1, 0.15) is 31.4 Å². The number of benzene rings is 2. The van der Waals surface area contributed by atoms with Crippen LogP contribution in [0.4, 0.5) is 17.6 Å². The molecule has 1 N–H and O–H groups in total. The maximum Gasteiger partial charge on any atom is 0.403 e. The van der Waals surface area contributed by atoms with Crippen molar-refractivity contribution in [2.24, 2.45) is 0 Å². The van der Waals surface area contributed by atoms with Gasteiger partial charge in [-0.25, -0.2) is 4.39 Å². The molecule has 0 saturated carbocycles. The smallest absolute Gasteiger partial charge is 0.403 e. The average Bonchev–Trinajstić information content (AvgIpc) is 2.70. The molecule has 7 heteroatoms. The van der Waals surface area contributed by atoms with Gasteiger partial charge in [-0.2, -0.15) is 13.2 Å². The fourth-order valence-corrected chi connectivity index (χ4v) is 3.68. The summed E-state index contributed by atoms with van der Waals surface area (Å²) in [6.07, 6.45) is -3.16. The lowest BCUT2D eigenvalue weighted by Gasteiger charge is -2.33. The highest BCUT2D eigenvalue weighted by atomic mass is 19.4. The summed E-state index contributed by atoms with van der Waals surface area (Å²) < 4.78 is 60.7. The Kier molecular flexibility index (Phi) is 6.31. The van der Waals surface area contributed by atoms with Crippen LogP contribution < -0.4 is 10.1 Å². The minimum absolute atomic E-state index is 0.0313. The minimum atomic E-state index is -4.47. The number of ether oxygens (including phenoxy) is 1. The van der Waals surface area contributed by atoms with Gasteiger partial charge in [0.05, 0.1) is 12.6 Å². The maximum absolute atomic E-state index is 13.9. The van der Waals surface area contributed by atoms with Crippen LogP contribution in [0.5, 0.6) is 5.75 Å². The van der Waals surface area contributed by atoms with Crippen LogP contribution in [0.15, 0.2) is 54.7 Å². The molecule has 1 unspecified atom stereocenters. The van der Waals surface area contributed by atoms with Crippen LogP contribution in [0.3, 0.4) is 0 Å². The second kappa shape index (κ2) is 8.60. The van der Waals surface area contributed by atoms with Gasteiger partial charge >= 0.3 is 6.18 Å². The number of alkyl halides is 3. The number of hydrogen-bond acceptors (Lipinski definition) is 3. The first kappa shape index (κ1) is 22.0. The Morgan fingerprint density at radius 2 is 1.80 bits per heavy atom. The Bertz CT molecular complexity index is 1010. The van der Waals surface area contributed by atoms with Gasteiger partial charge in [0.15, 0.2) is 0 Å². The zero-order valence-corrected chi connectivity index (χ0v) is 17.1. The summed E-state index contributed by atoms with van der Waals surface area (Å²) in [5, 5.41) is 3.46. The molecule has 1 aromatic heterocycles. The van der Waals surface area contributed by atoms with Crippen LogP contribution in [-0.2, 0) is 12.0 Å². The van der Waals surface area contributed by atoms with Gasteiger partial charge in [-0.3, -0.25) is 4.98 Å². The number of hydrogen-bond donors (Lipinski definition) is 1. The highest BCUT2D eigenvalue weighted by molar-refractivity contribution is 5.81. The van der Waals surface area contributed by atoms with Gasteiger partial charge in [0.1, 0.15) is 17.6 Å². The highest BCUT2D eigenvalue weighted by Crippen LogP contribution is 2.38. The van der Waals surface area contributed by atoms with Gasteiger partial charge < -0.3 is 10.1 Å². The van der Waals surface area contributed by atoms with Crippen molar-refractivity contribution in [2.45, 2.75) is 44.4 Å². The number of fused-ring (bicyclic) bond motifs is 1. The molecule has 2 aromatic carbocycles. The fourth-order valence-electron chi connectivity index (χ4n) is 3.68. The first-order valence-corrected chi connectivity index (χ1v) is 9.58. The second-order valence-electron chi connectivity index (χ2n) is 7.89. The molecule has 0 bridgehead atoms.